The van der Waals surface area contributed by atoms with Gasteiger partial charge >= 0.3 is 45.5 Å². The van der Waals surface area contributed by atoms with Crippen LogP contribution in [-0.2, 0) is 16.6 Å². The third-order valence-electron chi connectivity index (χ3n) is 6.42. The number of nitrogens with zero attached hydrogens (tertiary/aromatic N) is 2. The zero-order valence-electron chi connectivity index (χ0n) is 21.9. The molecule has 4 aromatic carbocycles. The van der Waals surface area contributed by atoms with E-state index in [1.807, 2.05) is 79.7 Å². The second-order valence-electron chi connectivity index (χ2n) is 9.33. The molecule has 6 heteroatoms. The smallest absolute Gasteiger partial charge is 0.653 e. The van der Waals surface area contributed by atoms with E-state index in [9.17, 15) is 8.42 Å². The van der Waals surface area contributed by atoms with Crippen LogP contribution in [0.25, 0.3) is 10.0 Å². The molecule has 0 spiro atoms. The quantitative estimate of drug-likeness (QED) is 0.190. The van der Waals surface area contributed by atoms with Crippen LogP contribution >= 0.6 is 0 Å². The molecule has 0 amide bonds. The topological polar surface area (TPSA) is 62.3 Å². The van der Waals surface area contributed by atoms with Gasteiger partial charge in [0.2, 0.25) is 0 Å². The number of aryl methyl sites for hydroxylation is 4. The van der Waals surface area contributed by atoms with Crippen LogP contribution in [0, 0.1) is 27.7 Å². The Labute approximate surface area is 258 Å². The van der Waals surface area contributed by atoms with Crippen molar-refractivity contribution in [2.45, 2.75) is 51.2 Å². The van der Waals surface area contributed by atoms with Gasteiger partial charge in [-0.15, -0.1) is 18.6 Å². The van der Waals surface area contributed by atoms with Crippen molar-refractivity contribution in [1.29, 1.82) is 0 Å². The minimum atomic E-state index is -3.95. The average molecular weight is 584 g/mol. The molecule has 0 aliphatic heterocycles. The van der Waals surface area contributed by atoms with E-state index in [0.29, 0.717) is 12.1 Å². The van der Waals surface area contributed by atoms with Gasteiger partial charge in [-0.05, 0) is 50.5 Å². The fourth-order valence-electron chi connectivity index (χ4n) is 4.35. The van der Waals surface area contributed by atoms with E-state index >= 15 is 0 Å². The molecule has 0 heterocycles. The van der Waals surface area contributed by atoms with Crippen molar-refractivity contribution >= 4 is 55.5 Å². The Morgan fingerprint density at radius 2 is 1.16 bits per heavy atom. The Balaban J connectivity index is 0.00000380. The summed E-state index contributed by atoms with van der Waals surface area (Å²) in [4.78, 5) is 0.241. The van der Waals surface area contributed by atoms with Crippen molar-refractivity contribution in [2.75, 3.05) is 0 Å². The van der Waals surface area contributed by atoms with Gasteiger partial charge in [0.25, 0.3) is 0 Å². The Kier molecular flexibility index (Phi) is 10.7. The number of benzene rings is 4. The Morgan fingerprint density at radius 3 is 1.76 bits per heavy atom. The summed E-state index contributed by atoms with van der Waals surface area (Å²) in [6, 6.07) is 30.0. The predicted molar refractivity (Wildman–Crippen MR) is 154 cm³/mol. The van der Waals surface area contributed by atoms with Gasteiger partial charge in [0.05, 0.1) is 4.90 Å². The normalized spacial score (nSPS) is 13.0. The minimum Gasteiger partial charge on any atom is -0.653 e. The van der Waals surface area contributed by atoms with Crippen LogP contribution in [0.15, 0.2) is 102 Å². The van der Waals surface area contributed by atoms with Crippen LogP contribution in [0.4, 0.5) is 0 Å². The third-order valence-corrected chi connectivity index (χ3v) is 7.92. The van der Waals surface area contributed by atoms with Crippen LogP contribution in [-0.4, -0.2) is 53.9 Å². The van der Waals surface area contributed by atoms with Crippen molar-refractivity contribution in [1.82, 2.24) is 0 Å². The summed E-state index contributed by atoms with van der Waals surface area (Å²) in [5.74, 6) is 0. The Hall–Kier alpha value is -1.77. The zero-order valence-corrected chi connectivity index (χ0v) is 26.2. The van der Waals surface area contributed by atoms with Crippen LogP contribution in [0.3, 0.4) is 0 Å². The van der Waals surface area contributed by atoms with Gasteiger partial charge in [0, 0.05) is 0 Å². The van der Waals surface area contributed by atoms with Gasteiger partial charge in [0.1, 0.15) is 10.0 Å². The molecule has 0 aromatic heterocycles. The number of sulfonamides is 1. The largest absolute Gasteiger partial charge is 2.00 e. The zero-order chi connectivity index (χ0) is 25.7. The van der Waals surface area contributed by atoms with Crippen molar-refractivity contribution in [2.24, 2.45) is 0 Å². The van der Waals surface area contributed by atoms with E-state index in [1.165, 1.54) is 5.56 Å². The maximum atomic E-state index is 13.7. The Bertz CT molecular complexity index is 1420. The molecular formula is C31H32N2O2SSr. The summed E-state index contributed by atoms with van der Waals surface area (Å²) in [6.07, 6.45) is 0. The van der Waals surface area contributed by atoms with E-state index < -0.39 is 22.1 Å². The number of hydrogen-bond donors (Lipinski definition) is 0. The van der Waals surface area contributed by atoms with Crippen molar-refractivity contribution in [3.8, 4) is 0 Å². The second-order valence-corrected chi connectivity index (χ2v) is 10.9. The molecule has 0 radical (unpaired) electrons. The van der Waals surface area contributed by atoms with E-state index in [4.69, 9.17) is 5.32 Å². The molecule has 4 aromatic rings. The van der Waals surface area contributed by atoms with Crippen LogP contribution in [0.5, 0.6) is 0 Å². The molecular weight excluding hydrogens is 552 g/mol. The molecule has 37 heavy (non-hydrogen) atoms. The van der Waals surface area contributed by atoms with Gasteiger partial charge < -0.3 is 10.0 Å². The summed E-state index contributed by atoms with van der Waals surface area (Å²) >= 11 is 0. The van der Waals surface area contributed by atoms with Crippen LogP contribution < -0.4 is 0 Å². The van der Waals surface area contributed by atoms with Crippen molar-refractivity contribution in [3.05, 3.63) is 146 Å². The van der Waals surface area contributed by atoms with E-state index in [-0.39, 0.29) is 50.4 Å². The average Bonchev–Trinajstić information content (AvgIpc) is 2.88. The van der Waals surface area contributed by atoms with Crippen molar-refractivity contribution < 1.29 is 8.42 Å². The first kappa shape index (κ1) is 29.8. The van der Waals surface area contributed by atoms with E-state index in [2.05, 4.69) is 36.8 Å². The maximum absolute atomic E-state index is 13.7. The van der Waals surface area contributed by atoms with E-state index in [1.54, 1.807) is 13.0 Å². The first-order chi connectivity index (χ1) is 17.2. The third kappa shape index (κ3) is 7.64. The molecule has 0 aliphatic carbocycles. The fourth-order valence-corrected chi connectivity index (χ4v) is 5.81. The molecule has 0 aliphatic rings. The molecule has 4 nitrogen and oxygen atoms in total. The van der Waals surface area contributed by atoms with Crippen LogP contribution in [0.2, 0.25) is 0 Å². The van der Waals surface area contributed by atoms with Gasteiger partial charge in [-0.2, -0.15) is 0 Å². The predicted octanol–water partition coefficient (Wildman–Crippen LogP) is 7.66. The summed E-state index contributed by atoms with van der Waals surface area (Å²) in [5.41, 5.74) is 6.75. The molecule has 0 unspecified atom stereocenters. The summed E-state index contributed by atoms with van der Waals surface area (Å²) in [6.45, 7) is 8.30. The maximum Gasteiger partial charge on any atom is 2.00 e. The number of rotatable bonds is 9. The first-order valence-electron chi connectivity index (χ1n) is 12.1. The monoisotopic (exact) mass is 584 g/mol. The van der Waals surface area contributed by atoms with Gasteiger partial charge in [0.15, 0.2) is 0 Å². The summed E-state index contributed by atoms with van der Waals surface area (Å²) in [5, 5.41) is 5.10. The second kappa shape index (κ2) is 13.3. The molecule has 0 bridgehead atoms. The van der Waals surface area contributed by atoms with Crippen LogP contribution in [0.1, 0.15) is 51.0 Å². The molecule has 186 valence electrons. The van der Waals surface area contributed by atoms with Gasteiger partial charge in [-0.3, -0.25) is 0 Å². The Morgan fingerprint density at radius 1 is 0.649 bits per heavy atom. The van der Waals surface area contributed by atoms with E-state index in [0.717, 1.165) is 27.8 Å². The molecule has 0 saturated heterocycles. The summed E-state index contributed by atoms with van der Waals surface area (Å²) < 4.78 is 31.9. The van der Waals surface area contributed by atoms with Gasteiger partial charge in [-0.1, -0.05) is 113 Å². The van der Waals surface area contributed by atoms with Crippen molar-refractivity contribution in [3.63, 3.8) is 0 Å². The molecule has 0 N–H and O–H groups in total. The van der Waals surface area contributed by atoms with Gasteiger partial charge in [-0.25, -0.2) is 8.42 Å². The SMILES string of the molecule is Cc1ccc(C)c(C[N-][C@H](c2ccccc2)[C@H]([N-]S(=O)(=O)c2cc(C)ccc2C)c2ccccc2)c1.[Sr+2]. The molecule has 2 atom stereocenters. The first-order valence-corrected chi connectivity index (χ1v) is 13.6. The molecule has 0 fully saturated rings. The molecule has 4 rings (SSSR count). The minimum absolute atomic E-state index is 0. The molecule has 0 saturated carbocycles. The number of hydrogen-bond acceptors (Lipinski definition) is 2. The summed E-state index contributed by atoms with van der Waals surface area (Å²) in [7, 11) is -3.95. The fraction of sp³-hybridized carbons (Fsp3) is 0.226. The standard InChI is InChI=1S/C31H32N2O2S.Sr/c1-22-15-17-24(3)28(19-22)21-32-30(26-11-7-5-8-12-26)31(27-13-9-6-10-14-27)33-36(34,35)29-20-23(2)16-18-25(29)4;/h5-20,30-31H,21H2,1-4H3;/q-2;+2/t30-,31-;/m1./s1.